The molecular formula is C44H82O4. The van der Waals surface area contributed by atoms with Crippen LogP contribution in [0.2, 0.25) is 0 Å². The Bertz CT molecular complexity index is 1060. The number of hydrogen-bond donors (Lipinski definition) is 0. The van der Waals surface area contributed by atoms with Gasteiger partial charge < -0.3 is 9.47 Å². The zero-order valence-corrected chi connectivity index (χ0v) is 35.4. The van der Waals surface area contributed by atoms with Crippen molar-refractivity contribution >= 4 is 11.9 Å². The van der Waals surface area contributed by atoms with Crippen molar-refractivity contribution in [2.45, 2.75) is 213 Å². The monoisotopic (exact) mass is 675 g/mol. The minimum atomic E-state index is -0.654. The number of hydrogen-bond acceptors (Lipinski definition) is 4. The molecule has 2 aliphatic rings. The van der Waals surface area contributed by atoms with Gasteiger partial charge in [-0.2, -0.15) is 0 Å². The second-order valence-electron chi connectivity index (χ2n) is 22.6. The molecule has 2 saturated carbocycles. The quantitative estimate of drug-likeness (QED) is 0.193. The Labute approximate surface area is 299 Å². The van der Waals surface area contributed by atoms with Crippen LogP contribution in [-0.2, 0) is 19.1 Å². The Morgan fingerprint density at radius 2 is 1.04 bits per heavy atom. The summed E-state index contributed by atoms with van der Waals surface area (Å²) < 4.78 is 13.0. The van der Waals surface area contributed by atoms with Crippen molar-refractivity contribution in [3.8, 4) is 0 Å². The standard InChI is InChI=1S/C44H82O4/c1-31-19-21-33(22-20-31)42(15,16)48-36(46)44(18,29-37(2,3)4)41(13,14)28-27-40(11,12)30-43(17,39(8,9)10)35(45)47-34-25-23-32(24-26-34)38(5,6)7/h31-34H,19-30H2,1-18H3. The molecule has 2 unspecified atom stereocenters. The predicted molar refractivity (Wildman–Crippen MR) is 204 cm³/mol. The molecule has 2 atom stereocenters. The first-order valence-corrected chi connectivity index (χ1v) is 19.8. The Morgan fingerprint density at radius 3 is 1.48 bits per heavy atom. The van der Waals surface area contributed by atoms with Crippen LogP contribution in [0.5, 0.6) is 0 Å². The molecule has 48 heavy (non-hydrogen) atoms. The van der Waals surface area contributed by atoms with E-state index >= 15 is 0 Å². The van der Waals surface area contributed by atoms with Gasteiger partial charge in [-0.25, -0.2) is 0 Å². The van der Waals surface area contributed by atoms with Gasteiger partial charge in [-0.15, -0.1) is 0 Å². The van der Waals surface area contributed by atoms with E-state index < -0.39 is 16.4 Å². The highest BCUT2D eigenvalue weighted by Gasteiger charge is 2.54. The molecular weight excluding hydrogens is 592 g/mol. The summed E-state index contributed by atoms with van der Waals surface area (Å²) in [4.78, 5) is 28.6. The van der Waals surface area contributed by atoms with E-state index in [1.165, 1.54) is 12.8 Å². The first kappa shape index (κ1) is 43.1. The van der Waals surface area contributed by atoms with Crippen molar-refractivity contribution in [1.82, 2.24) is 0 Å². The molecule has 2 rings (SSSR count). The highest BCUT2D eigenvalue weighted by atomic mass is 16.6. The maximum atomic E-state index is 14.5. The van der Waals surface area contributed by atoms with Crippen LogP contribution in [0.25, 0.3) is 0 Å². The van der Waals surface area contributed by atoms with E-state index in [1.807, 2.05) is 0 Å². The average molecular weight is 675 g/mol. The molecule has 4 nitrogen and oxygen atoms in total. The molecule has 0 aliphatic heterocycles. The van der Waals surface area contributed by atoms with Crippen LogP contribution >= 0.6 is 0 Å². The van der Waals surface area contributed by atoms with E-state index in [9.17, 15) is 9.59 Å². The van der Waals surface area contributed by atoms with Crippen LogP contribution in [0, 0.1) is 55.7 Å². The fraction of sp³-hybridized carbons (Fsp3) is 0.955. The van der Waals surface area contributed by atoms with Gasteiger partial charge in [0.25, 0.3) is 0 Å². The maximum Gasteiger partial charge on any atom is 0.312 e. The largest absolute Gasteiger partial charge is 0.462 e. The van der Waals surface area contributed by atoms with E-state index in [-0.39, 0.29) is 39.7 Å². The van der Waals surface area contributed by atoms with Gasteiger partial charge in [0.15, 0.2) is 0 Å². The molecule has 282 valence electrons. The smallest absolute Gasteiger partial charge is 0.312 e. The van der Waals surface area contributed by atoms with E-state index in [2.05, 4.69) is 125 Å². The van der Waals surface area contributed by atoms with Gasteiger partial charge >= 0.3 is 11.9 Å². The third kappa shape index (κ3) is 11.0. The minimum Gasteiger partial charge on any atom is -0.462 e. The maximum absolute atomic E-state index is 14.5. The highest BCUT2D eigenvalue weighted by Crippen LogP contribution is 2.55. The molecule has 0 amide bonds. The molecule has 0 aromatic carbocycles. The van der Waals surface area contributed by atoms with Crippen LogP contribution < -0.4 is 0 Å². The third-order valence-electron chi connectivity index (χ3n) is 13.7. The lowest BCUT2D eigenvalue weighted by Gasteiger charge is -2.49. The minimum absolute atomic E-state index is 0.0187. The van der Waals surface area contributed by atoms with E-state index in [4.69, 9.17) is 9.47 Å². The van der Waals surface area contributed by atoms with E-state index in [0.29, 0.717) is 17.3 Å². The molecule has 0 heterocycles. The summed E-state index contributed by atoms with van der Waals surface area (Å²) in [6.07, 6.45) is 12.2. The summed E-state index contributed by atoms with van der Waals surface area (Å²) in [5.74, 6) is 1.76. The topological polar surface area (TPSA) is 52.6 Å². The molecule has 0 saturated heterocycles. The summed E-state index contributed by atoms with van der Waals surface area (Å²) in [6, 6.07) is 0. The van der Waals surface area contributed by atoms with Gasteiger partial charge in [0.2, 0.25) is 0 Å². The van der Waals surface area contributed by atoms with Gasteiger partial charge in [-0.05, 0) is 137 Å². The molecule has 2 fully saturated rings. The molecule has 0 aromatic rings. The Morgan fingerprint density at radius 1 is 0.562 bits per heavy atom. The van der Waals surface area contributed by atoms with Crippen molar-refractivity contribution in [1.29, 1.82) is 0 Å². The first-order valence-electron chi connectivity index (χ1n) is 19.8. The summed E-state index contributed by atoms with van der Waals surface area (Å²) >= 11 is 0. The molecule has 2 aliphatic carbocycles. The Kier molecular flexibility index (Phi) is 13.4. The molecule has 0 N–H and O–H groups in total. The van der Waals surface area contributed by atoms with Crippen molar-refractivity contribution in [3.05, 3.63) is 0 Å². The normalized spacial score (nSPS) is 26.3. The van der Waals surface area contributed by atoms with Crippen molar-refractivity contribution < 1.29 is 19.1 Å². The Hall–Kier alpha value is -1.06. The predicted octanol–water partition coefficient (Wildman–Crippen LogP) is 13.0. The molecule has 0 spiro atoms. The van der Waals surface area contributed by atoms with Crippen molar-refractivity contribution in [2.75, 3.05) is 0 Å². The second-order valence-corrected chi connectivity index (χ2v) is 22.6. The van der Waals surface area contributed by atoms with E-state index in [1.54, 1.807) is 0 Å². The number of rotatable bonds is 12. The van der Waals surface area contributed by atoms with Gasteiger partial charge in [0.05, 0.1) is 10.8 Å². The lowest BCUT2D eigenvalue weighted by Crippen LogP contribution is -2.50. The van der Waals surface area contributed by atoms with E-state index in [0.717, 1.165) is 70.1 Å². The average Bonchev–Trinajstić information content (AvgIpc) is 2.90. The number of carbonyl (C=O) groups excluding carboxylic acids is 2. The molecule has 4 heteroatoms. The summed E-state index contributed by atoms with van der Waals surface area (Å²) in [6.45, 7) is 40.4. The number of carbonyl (C=O) groups is 2. The van der Waals surface area contributed by atoms with Gasteiger partial charge in [0.1, 0.15) is 11.7 Å². The number of esters is 2. The molecule has 0 bridgehead atoms. The van der Waals surface area contributed by atoms with Crippen LogP contribution in [0.1, 0.15) is 202 Å². The third-order valence-corrected chi connectivity index (χ3v) is 13.7. The van der Waals surface area contributed by atoms with Gasteiger partial charge in [-0.1, -0.05) is 110 Å². The fourth-order valence-corrected chi connectivity index (χ4v) is 8.98. The molecule has 0 aromatic heterocycles. The van der Waals surface area contributed by atoms with Crippen LogP contribution in [0.15, 0.2) is 0 Å². The van der Waals surface area contributed by atoms with Gasteiger partial charge in [0, 0.05) is 0 Å². The molecule has 0 radical (unpaired) electrons. The summed E-state index contributed by atoms with van der Waals surface area (Å²) in [5.41, 5.74) is -2.19. The lowest BCUT2D eigenvalue weighted by atomic mass is 9.56. The highest BCUT2D eigenvalue weighted by molar-refractivity contribution is 5.78. The van der Waals surface area contributed by atoms with Crippen LogP contribution in [0.3, 0.4) is 0 Å². The van der Waals surface area contributed by atoms with Gasteiger partial charge in [-0.3, -0.25) is 9.59 Å². The summed E-state index contributed by atoms with van der Waals surface area (Å²) in [5, 5.41) is 0. The van der Waals surface area contributed by atoms with Crippen LogP contribution in [0.4, 0.5) is 0 Å². The zero-order valence-electron chi connectivity index (χ0n) is 35.4. The fourth-order valence-electron chi connectivity index (χ4n) is 8.98. The second kappa shape index (κ2) is 14.9. The van der Waals surface area contributed by atoms with Crippen molar-refractivity contribution in [2.24, 2.45) is 55.7 Å². The number of ether oxygens (including phenoxy) is 2. The first-order chi connectivity index (χ1) is 21.4. The van der Waals surface area contributed by atoms with Crippen LogP contribution in [-0.4, -0.2) is 23.6 Å². The summed E-state index contributed by atoms with van der Waals surface area (Å²) in [7, 11) is 0. The lowest BCUT2D eigenvalue weighted by molar-refractivity contribution is -0.186. The SMILES string of the molecule is CC1CCC(C(C)(C)OC(=O)C(C)(CC(C)(C)C)C(C)(C)CCC(C)(C)CC(C)(C(=O)OC2CCC(C(C)(C)C)CC2)C(C)(C)C)CC1. The Balaban J connectivity index is 2.24. The van der Waals surface area contributed by atoms with Crippen molar-refractivity contribution in [3.63, 3.8) is 0 Å². The zero-order chi connectivity index (χ0) is 37.4.